The Morgan fingerprint density at radius 3 is 2.63 bits per heavy atom. The lowest BCUT2D eigenvalue weighted by molar-refractivity contribution is -0.146. The molecule has 8 nitrogen and oxygen atoms in total. The predicted molar refractivity (Wildman–Crippen MR) is 92.3 cm³/mol. The van der Waals surface area contributed by atoms with Gasteiger partial charge in [0.1, 0.15) is 5.82 Å². The van der Waals surface area contributed by atoms with Gasteiger partial charge in [-0.15, -0.1) is 15.3 Å². The number of likely N-dealkylation sites (tertiary alicyclic amines) is 1. The minimum absolute atomic E-state index is 0.00233. The normalized spacial score (nSPS) is 16.6. The van der Waals surface area contributed by atoms with Crippen LogP contribution in [0.4, 0.5) is 19.0 Å². The van der Waals surface area contributed by atoms with E-state index in [4.69, 9.17) is 0 Å². The first-order valence-corrected chi connectivity index (χ1v) is 8.71. The standard InChI is InChI=1S/C16H22F3N7O/c1-20-14(27)10-25-7-5-11(6-8-25)9-24(2)13-4-3-12-21-22-15(16(17,18)19)26(12)23-13/h3-4,11H,5-10H2,1-2H3,(H,20,27). The summed E-state index contributed by atoms with van der Waals surface area (Å²) in [6.45, 7) is 2.71. The van der Waals surface area contributed by atoms with Crippen molar-refractivity contribution in [1.82, 2.24) is 30.0 Å². The number of likely N-dealkylation sites (N-methyl/N-ethyl adjacent to an activating group) is 1. The van der Waals surface area contributed by atoms with Gasteiger partial charge in [0.25, 0.3) is 5.82 Å². The number of rotatable bonds is 5. The quantitative estimate of drug-likeness (QED) is 0.829. The van der Waals surface area contributed by atoms with E-state index in [1.165, 1.54) is 6.07 Å². The number of carbonyl (C=O) groups is 1. The molecule has 0 saturated carbocycles. The second-order valence-corrected chi connectivity index (χ2v) is 6.76. The first-order chi connectivity index (χ1) is 12.8. The molecular formula is C16H22F3N7O. The van der Waals surface area contributed by atoms with E-state index < -0.39 is 12.0 Å². The average Bonchev–Trinajstić information content (AvgIpc) is 3.06. The molecule has 1 amide bonds. The Labute approximate surface area is 154 Å². The van der Waals surface area contributed by atoms with Gasteiger partial charge in [-0.2, -0.15) is 17.7 Å². The van der Waals surface area contributed by atoms with Crippen LogP contribution in [0.2, 0.25) is 0 Å². The van der Waals surface area contributed by atoms with Gasteiger partial charge in [0.05, 0.1) is 6.54 Å². The summed E-state index contributed by atoms with van der Waals surface area (Å²) in [6, 6.07) is 3.12. The van der Waals surface area contributed by atoms with E-state index >= 15 is 0 Å². The molecule has 3 heterocycles. The van der Waals surface area contributed by atoms with Crippen LogP contribution in [0.15, 0.2) is 12.1 Å². The highest BCUT2D eigenvalue weighted by Gasteiger charge is 2.37. The summed E-state index contributed by atoms with van der Waals surface area (Å²) in [7, 11) is 3.43. The zero-order valence-electron chi connectivity index (χ0n) is 15.2. The van der Waals surface area contributed by atoms with Crippen molar-refractivity contribution in [2.24, 2.45) is 5.92 Å². The van der Waals surface area contributed by atoms with Crippen molar-refractivity contribution in [3.8, 4) is 0 Å². The number of halogens is 3. The smallest absolute Gasteiger partial charge is 0.358 e. The third kappa shape index (κ3) is 4.46. The van der Waals surface area contributed by atoms with Gasteiger partial charge < -0.3 is 10.2 Å². The molecule has 1 aliphatic heterocycles. The van der Waals surface area contributed by atoms with Crippen molar-refractivity contribution >= 4 is 17.4 Å². The molecule has 2 aromatic heterocycles. The van der Waals surface area contributed by atoms with Crippen LogP contribution in [-0.4, -0.2) is 70.9 Å². The number of aromatic nitrogens is 4. The number of anilines is 1. The fourth-order valence-electron chi connectivity index (χ4n) is 3.25. The van der Waals surface area contributed by atoms with Crippen LogP contribution in [0.1, 0.15) is 18.7 Å². The Morgan fingerprint density at radius 2 is 2.00 bits per heavy atom. The maximum Gasteiger partial charge on any atom is 0.453 e. The number of hydrogen-bond donors (Lipinski definition) is 1. The molecule has 11 heteroatoms. The number of fused-ring (bicyclic) bond motifs is 1. The molecule has 1 N–H and O–H groups in total. The molecule has 27 heavy (non-hydrogen) atoms. The largest absolute Gasteiger partial charge is 0.453 e. The van der Waals surface area contributed by atoms with Gasteiger partial charge in [-0.25, -0.2) is 0 Å². The Balaban J connectivity index is 1.63. The maximum absolute atomic E-state index is 13.0. The molecule has 0 spiro atoms. The van der Waals surface area contributed by atoms with E-state index in [0.717, 1.165) is 30.4 Å². The van der Waals surface area contributed by atoms with Crippen LogP contribution in [-0.2, 0) is 11.0 Å². The monoisotopic (exact) mass is 385 g/mol. The molecule has 0 atom stereocenters. The molecule has 1 saturated heterocycles. The van der Waals surface area contributed by atoms with E-state index in [2.05, 4.69) is 25.5 Å². The molecule has 1 aliphatic rings. The zero-order valence-corrected chi connectivity index (χ0v) is 15.2. The van der Waals surface area contributed by atoms with Crippen molar-refractivity contribution in [2.45, 2.75) is 19.0 Å². The van der Waals surface area contributed by atoms with Gasteiger partial charge in [0.2, 0.25) is 5.91 Å². The second kappa shape index (κ2) is 7.67. The molecular weight excluding hydrogens is 363 g/mol. The Kier molecular flexibility index (Phi) is 5.49. The third-order valence-electron chi connectivity index (χ3n) is 4.78. The second-order valence-electron chi connectivity index (χ2n) is 6.76. The summed E-state index contributed by atoms with van der Waals surface area (Å²) in [6.07, 6.45) is -2.77. The van der Waals surface area contributed by atoms with E-state index in [9.17, 15) is 18.0 Å². The predicted octanol–water partition coefficient (Wildman–Crippen LogP) is 1.04. The fourth-order valence-corrected chi connectivity index (χ4v) is 3.25. The summed E-state index contributed by atoms with van der Waals surface area (Å²) >= 11 is 0. The lowest BCUT2D eigenvalue weighted by Crippen LogP contribution is -2.42. The van der Waals surface area contributed by atoms with Crippen molar-refractivity contribution in [1.29, 1.82) is 0 Å². The molecule has 1 fully saturated rings. The van der Waals surface area contributed by atoms with Crippen LogP contribution in [0, 0.1) is 5.92 Å². The minimum atomic E-state index is -4.61. The van der Waals surface area contributed by atoms with E-state index in [-0.39, 0.29) is 11.6 Å². The minimum Gasteiger partial charge on any atom is -0.358 e. The molecule has 0 unspecified atom stereocenters. The topological polar surface area (TPSA) is 78.7 Å². The SMILES string of the molecule is CNC(=O)CN1CCC(CN(C)c2ccc3nnc(C(F)(F)F)n3n2)CC1. The van der Waals surface area contributed by atoms with Crippen LogP contribution >= 0.6 is 0 Å². The third-order valence-corrected chi connectivity index (χ3v) is 4.78. The Hall–Kier alpha value is -2.43. The number of piperidine rings is 1. The number of nitrogens with zero attached hydrogens (tertiary/aromatic N) is 6. The molecule has 0 bridgehead atoms. The highest BCUT2D eigenvalue weighted by Crippen LogP contribution is 2.28. The summed E-state index contributed by atoms with van der Waals surface area (Å²) in [5.74, 6) is -0.315. The summed E-state index contributed by atoms with van der Waals surface area (Å²) in [5.41, 5.74) is 0.0574. The maximum atomic E-state index is 13.0. The van der Waals surface area contributed by atoms with Crippen LogP contribution in [0.3, 0.4) is 0 Å². The van der Waals surface area contributed by atoms with Crippen molar-refractivity contribution in [2.75, 3.05) is 45.2 Å². The lowest BCUT2D eigenvalue weighted by atomic mass is 9.96. The highest BCUT2D eigenvalue weighted by molar-refractivity contribution is 5.77. The molecule has 0 aromatic carbocycles. The highest BCUT2D eigenvalue weighted by atomic mass is 19.4. The Morgan fingerprint density at radius 1 is 1.30 bits per heavy atom. The van der Waals surface area contributed by atoms with Crippen LogP contribution < -0.4 is 10.2 Å². The summed E-state index contributed by atoms with van der Waals surface area (Å²) in [4.78, 5) is 15.4. The molecule has 2 aromatic rings. The van der Waals surface area contributed by atoms with E-state index in [0.29, 0.717) is 24.8 Å². The van der Waals surface area contributed by atoms with E-state index in [1.54, 1.807) is 13.1 Å². The molecule has 0 radical (unpaired) electrons. The van der Waals surface area contributed by atoms with Gasteiger partial charge >= 0.3 is 6.18 Å². The number of hydrogen-bond acceptors (Lipinski definition) is 6. The number of amides is 1. The lowest BCUT2D eigenvalue weighted by Gasteiger charge is -2.33. The number of alkyl halides is 3. The van der Waals surface area contributed by atoms with Gasteiger partial charge in [-0.1, -0.05) is 0 Å². The summed E-state index contributed by atoms with van der Waals surface area (Å²) in [5, 5.41) is 13.4. The molecule has 3 rings (SSSR count). The Bertz CT molecular complexity index is 799. The van der Waals surface area contributed by atoms with Gasteiger partial charge in [-0.3, -0.25) is 9.69 Å². The van der Waals surface area contributed by atoms with Crippen LogP contribution in [0.25, 0.3) is 5.65 Å². The van der Waals surface area contributed by atoms with Gasteiger partial charge in [0, 0.05) is 20.6 Å². The number of nitrogens with one attached hydrogen (secondary N) is 1. The van der Waals surface area contributed by atoms with Crippen molar-refractivity contribution in [3.05, 3.63) is 18.0 Å². The zero-order chi connectivity index (χ0) is 19.6. The van der Waals surface area contributed by atoms with E-state index in [1.807, 2.05) is 11.9 Å². The van der Waals surface area contributed by atoms with Gasteiger partial charge in [-0.05, 0) is 44.0 Å². The van der Waals surface area contributed by atoms with Crippen molar-refractivity contribution < 1.29 is 18.0 Å². The van der Waals surface area contributed by atoms with Crippen LogP contribution in [0.5, 0.6) is 0 Å². The summed E-state index contributed by atoms with van der Waals surface area (Å²) < 4.78 is 39.7. The fraction of sp³-hybridized carbons (Fsp3) is 0.625. The van der Waals surface area contributed by atoms with Crippen molar-refractivity contribution in [3.63, 3.8) is 0 Å². The molecule has 148 valence electrons. The number of carbonyl (C=O) groups excluding carboxylic acids is 1. The first-order valence-electron chi connectivity index (χ1n) is 8.71. The van der Waals surface area contributed by atoms with Gasteiger partial charge in [0.15, 0.2) is 5.65 Å². The first kappa shape index (κ1) is 19.3. The average molecular weight is 385 g/mol. The molecule has 0 aliphatic carbocycles.